The van der Waals surface area contributed by atoms with Crippen LogP contribution in [0.3, 0.4) is 0 Å². The second kappa shape index (κ2) is 9.78. The fraction of sp³-hybridized carbons (Fsp3) is 0.391. The van der Waals surface area contributed by atoms with Gasteiger partial charge in [0.15, 0.2) is 0 Å². The molecule has 0 aliphatic carbocycles. The summed E-state index contributed by atoms with van der Waals surface area (Å²) in [5.74, 6) is -0.626. The maximum atomic E-state index is 13.8. The standard InChI is InChI=1S/C23H25F3IN3O3/c1-22(2,3)33-21(32)30-12-10-29(11-13-30)18-9-5-8-17(23(24,25)26)19(18)28-20(31)15-6-4-7-16(27)14-15/h4-9,14H,10-13H2,1-3H3,(H,28,31). The first-order valence-electron chi connectivity index (χ1n) is 10.3. The Kier molecular flexibility index (Phi) is 7.45. The molecule has 6 nitrogen and oxygen atoms in total. The number of para-hydroxylation sites is 1. The van der Waals surface area contributed by atoms with Gasteiger partial charge >= 0.3 is 12.3 Å². The lowest BCUT2D eigenvalue weighted by Gasteiger charge is -2.37. The van der Waals surface area contributed by atoms with Gasteiger partial charge in [-0.25, -0.2) is 4.79 Å². The number of carbonyl (C=O) groups is 2. The van der Waals surface area contributed by atoms with E-state index >= 15 is 0 Å². The molecule has 0 spiro atoms. The van der Waals surface area contributed by atoms with Crippen LogP contribution in [0.5, 0.6) is 0 Å². The topological polar surface area (TPSA) is 61.9 Å². The SMILES string of the molecule is CC(C)(C)OC(=O)N1CCN(c2cccc(C(F)(F)F)c2NC(=O)c2cccc(I)c2)CC1. The van der Waals surface area contributed by atoms with Crippen molar-refractivity contribution < 1.29 is 27.5 Å². The molecule has 0 radical (unpaired) electrons. The lowest BCUT2D eigenvalue weighted by atomic mass is 10.1. The molecule has 0 atom stereocenters. The molecule has 3 rings (SSSR count). The molecular formula is C23H25F3IN3O3. The number of nitrogens with zero attached hydrogens (tertiary/aromatic N) is 2. The Hall–Kier alpha value is -2.50. The summed E-state index contributed by atoms with van der Waals surface area (Å²) in [6, 6.07) is 10.4. The molecule has 1 N–H and O–H groups in total. The largest absolute Gasteiger partial charge is 0.444 e. The lowest BCUT2D eigenvalue weighted by molar-refractivity contribution is -0.136. The van der Waals surface area contributed by atoms with Crippen LogP contribution >= 0.6 is 22.6 Å². The quantitative estimate of drug-likeness (QED) is 0.483. The van der Waals surface area contributed by atoms with Gasteiger partial charge in [0.1, 0.15) is 5.60 Å². The Morgan fingerprint density at radius 1 is 1.00 bits per heavy atom. The second-order valence-electron chi connectivity index (χ2n) is 8.62. The molecule has 178 valence electrons. The van der Waals surface area contributed by atoms with Crippen molar-refractivity contribution in [2.45, 2.75) is 32.5 Å². The molecule has 1 aliphatic heterocycles. The van der Waals surface area contributed by atoms with Gasteiger partial charge in [-0.1, -0.05) is 12.1 Å². The zero-order valence-electron chi connectivity index (χ0n) is 18.5. The van der Waals surface area contributed by atoms with E-state index in [1.54, 1.807) is 56.0 Å². The van der Waals surface area contributed by atoms with Crippen LogP contribution in [0.15, 0.2) is 42.5 Å². The number of halogens is 4. The molecule has 1 fully saturated rings. The number of hydrogen-bond donors (Lipinski definition) is 1. The van der Waals surface area contributed by atoms with E-state index in [9.17, 15) is 22.8 Å². The number of nitrogens with one attached hydrogen (secondary N) is 1. The van der Waals surface area contributed by atoms with Crippen LogP contribution in [0, 0.1) is 3.57 Å². The average molecular weight is 575 g/mol. The Labute approximate surface area is 204 Å². The summed E-state index contributed by atoms with van der Waals surface area (Å²) < 4.78 is 47.6. The van der Waals surface area contributed by atoms with Crippen molar-refractivity contribution in [2.75, 3.05) is 36.4 Å². The van der Waals surface area contributed by atoms with Crippen molar-refractivity contribution in [2.24, 2.45) is 0 Å². The molecule has 2 aromatic carbocycles. The molecule has 0 bridgehead atoms. The normalized spacial score (nSPS) is 14.8. The van der Waals surface area contributed by atoms with E-state index in [4.69, 9.17) is 4.74 Å². The van der Waals surface area contributed by atoms with Crippen LogP contribution < -0.4 is 10.2 Å². The zero-order chi connectivity index (χ0) is 24.4. The van der Waals surface area contributed by atoms with Crippen LogP contribution in [-0.4, -0.2) is 48.7 Å². The number of benzene rings is 2. The van der Waals surface area contributed by atoms with Crippen LogP contribution in [-0.2, 0) is 10.9 Å². The van der Waals surface area contributed by atoms with Gasteiger partial charge in [-0.2, -0.15) is 13.2 Å². The second-order valence-corrected chi connectivity index (χ2v) is 9.86. The van der Waals surface area contributed by atoms with Crippen LogP contribution in [0.25, 0.3) is 0 Å². The summed E-state index contributed by atoms with van der Waals surface area (Å²) in [4.78, 5) is 28.4. The minimum Gasteiger partial charge on any atom is -0.444 e. The van der Waals surface area contributed by atoms with Gasteiger partial charge in [-0.3, -0.25) is 4.79 Å². The van der Waals surface area contributed by atoms with E-state index in [2.05, 4.69) is 5.32 Å². The monoisotopic (exact) mass is 575 g/mol. The van der Waals surface area contributed by atoms with Crippen LogP contribution in [0.1, 0.15) is 36.7 Å². The highest BCUT2D eigenvalue weighted by Crippen LogP contribution is 2.40. The number of amides is 2. The summed E-state index contributed by atoms with van der Waals surface area (Å²) >= 11 is 2.04. The van der Waals surface area contributed by atoms with Gasteiger partial charge in [0.05, 0.1) is 16.9 Å². The molecule has 0 unspecified atom stereocenters. The number of alkyl halides is 3. The first kappa shape index (κ1) is 25.1. The molecule has 1 saturated heterocycles. The number of ether oxygens (including phenoxy) is 1. The molecule has 2 aromatic rings. The summed E-state index contributed by atoms with van der Waals surface area (Å²) in [5.41, 5.74) is -1.33. The predicted octanol–water partition coefficient (Wildman–Crippen LogP) is 5.62. The van der Waals surface area contributed by atoms with E-state index in [-0.39, 0.29) is 30.0 Å². The van der Waals surface area contributed by atoms with Gasteiger partial charge in [-0.15, -0.1) is 0 Å². The van der Waals surface area contributed by atoms with Crippen molar-refractivity contribution in [1.29, 1.82) is 0 Å². The van der Waals surface area contributed by atoms with Gasteiger partial charge in [0.2, 0.25) is 0 Å². The Morgan fingerprint density at radius 3 is 2.21 bits per heavy atom. The maximum Gasteiger partial charge on any atom is 0.418 e. The Morgan fingerprint density at radius 2 is 1.64 bits per heavy atom. The average Bonchev–Trinajstić information content (AvgIpc) is 2.72. The predicted molar refractivity (Wildman–Crippen MR) is 129 cm³/mol. The van der Waals surface area contributed by atoms with E-state index in [0.717, 1.165) is 9.64 Å². The number of piperazine rings is 1. The lowest BCUT2D eigenvalue weighted by Crippen LogP contribution is -2.50. The first-order valence-corrected chi connectivity index (χ1v) is 11.4. The molecule has 0 saturated carbocycles. The molecule has 1 aliphatic rings. The Balaban J connectivity index is 1.86. The molecule has 33 heavy (non-hydrogen) atoms. The molecular weight excluding hydrogens is 550 g/mol. The third-order valence-electron chi connectivity index (χ3n) is 4.95. The van der Waals surface area contributed by atoms with Crippen molar-refractivity contribution >= 4 is 46.0 Å². The van der Waals surface area contributed by atoms with Crippen molar-refractivity contribution in [3.05, 3.63) is 57.2 Å². The first-order chi connectivity index (χ1) is 15.3. The zero-order valence-corrected chi connectivity index (χ0v) is 20.7. The Bertz CT molecular complexity index is 1030. The van der Waals surface area contributed by atoms with Crippen molar-refractivity contribution in [3.8, 4) is 0 Å². The van der Waals surface area contributed by atoms with Crippen LogP contribution in [0.4, 0.5) is 29.3 Å². The molecule has 1 heterocycles. The summed E-state index contributed by atoms with van der Waals surface area (Å²) in [6.07, 6.45) is -5.11. The van der Waals surface area contributed by atoms with E-state index in [1.807, 2.05) is 22.6 Å². The maximum absolute atomic E-state index is 13.8. The number of hydrogen-bond acceptors (Lipinski definition) is 4. The minimum atomic E-state index is -4.65. The highest BCUT2D eigenvalue weighted by atomic mass is 127. The number of anilines is 2. The number of rotatable bonds is 3. The summed E-state index contributed by atoms with van der Waals surface area (Å²) in [7, 11) is 0. The fourth-order valence-corrected chi connectivity index (χ4v) is 3.99. The third kappa shape index (κ3) is 6.52. The highest BCUT2D eigenvalue weighted by molar-refractivity contribution is 14.1. The molecule has 0 aromatic heterocycles. The van der Waals surface area contributed by atoms with Crippen LogP contribution in [0.2, 0.25) is 0 Å². The van der Waals surface area contributed by atoms with Crippen molar-refractivity contribution in [3.63, 3.8) is 0 Å². The number of carbonyl (C=O) groups excluding carboxylic acids is 2. The smallest absolute Gasteiger partial charge is 0.418 e. The van der Waals surface area contributed by atoms with E-state index in [0.29, 0.717) is 13.1 Å². The minimum absolute atomic E-state index is 0.257. The van der Waals surface area contributed by atoms with E-state index < -0.39 is 29.3 Å². The van der Waals surface area contributed by atoms with E-state index in [1.165, 1.54) is 11.0 Å². The molecule has 10 heteroatoms. The third-order valence-corrected chi connectivity index (χ3v) is 5.62. The summed E-state index contributed by atoms with van der Waals surface area (Å²) in [5, 5.41) is 2.48. The fourth-order valence-electron chi connectivity index (χ4n) is 3.44. The molecule has 2 amide bonds. The van der Waals surface area contributed by atoms with Crippen molar-refractivity contribution in [1.82, 2.24) is 4.90 Å². The highest BCUT2D eigenvalue weighted by Gasteiger charge is 2.36. The summed E-state index contributed by atoms with van der Waals surface area (Å²) in [6.45, 7) is 6.48. The van der Waals surface area contributed by atoms with Gasteiger partial charge in [0, 0.05) is 35.3 Å². The van der Waals surface area contributed by atoms with Gasteiger partial charge in [-0.05, 0) is 73.7 Å². The van der Waals surface area contributed by atoms with Gasteiger partial charge < -0.3 is 19.9 Å². The van der Waals surface area contributed by atoms with Gasteiger partial charge in [0.25, 0.3) is 5.91 Å².